The van der Waals surface area contributed by atoms with Gasteiger partial charge in [-0.1, -0.05) is 0 Å². The summed E-state index contributed by atoms with van der Waals surface area (Å²) in [5.41, 5.74) is 0. The third-order valence-electron chi connectivity index (χ3n) is 3.22. The van der Waals surface area contributed by atoms with Crippen molar-refractivity contribution in [2.45, 2.75) is 29.0 Å². The molecule has 0 aliphatic carbocycles. The van der Waals surface area contributed by atoms with Crippen molar-refractivity contribution in [3.8, 4) is 0 Å². The maximum Gasteiger partial charge on any atom is 0.340 e. The molecule has 154 valence electrons. The molecule has 0 aliphatic heterocycles. The summed E-state index contributed by atoms with van der Waals surface area (Å²) in [5.74, 6) is -1.79. The molecular formula is C6H16O14P6. The molecule has 0 saturated carbocycles. The quantitative estimate of drug-likeness (QED) is 0.182. The lowest BCUT2D eigenvalue weighted by Gasteiger charge is -2.28. The van der Waals surface area contributed by atoms with Gasteiger partial charge in [-0.3, -0.25) is 27.4 Å². The summed E-state index contributed by atoms with van der Waals surface area (Å²) in [6.45, 7) is 0. The first-order valence-corrected chi connectivity index (χ1v) is 14.7. The highest BCUT2D eigenvalue weighted by atomic mass is 31.2. The summed E-state index contributed by atoms with van der Waals surface area (Å²) >= 11 is 0. The first kappa shape index (κ1) is 26.8. The van der Waals surface area contributed by atoms with Crippen molar-refractivity contribution in [1.82, 2.24) is 0 Å². The normalized spacial score (nSPS) is 16.1. The van der Waals surface area contributed by atoms with Crippen LogP contribution >= 0.6 is 47.3 Å². The Morgan fingerprint density at radius 3 is 0.962 bits per heavy atom. The molecule has 0 amide bonds. The fourth-order valence-corrected chi connectivity index (χ4v) is 8.32. The topological polar surface area (TPSA) is 264 Å². The predicted octanol–water partition coefficient (Wildman–Crippen LogP) is 0.655. The summed E-state index contributed by atoms with van der Waals surface area (Å²) in [7, 11) is -24.0. The van der Waals surface area contributed by atoms with E-state index in [4.69, 9.17) is 39.1 Å². The highest BCUT2D eigenvalue weighted by Crippen LogP contribution is 2.66. The van der Waals surface area contributed by atoms with Gasteiger partial charge >= 0.3 is 30.4 Å². The van der Waals surface area contributed by atoms with Gasteiger partial charge in [-0.05, 0) is 18.8 Å². The molecule has 26 heavy (non-hydrogen) atoms. The fourth-order valence-electron chi connectivity index (χ4n) is 2.01. The average Bonchev–Trinajstić information content (AvgIpc) is 2.36. The molecule has 8 N–H and O–H groups in total. The molecule has 0 heterocycles. The fraction of sp³-hybridized carbons (Fsp3) is 1.00. The van der Waals surface area contributed by atoms with E-state index in [0.717, 1.165) is 0 Å². The van der Waals surface area contributed by atoms with Crippen LogP contribution in [0.15, 0.2) is 0 Å². The van der Waals surface area contributed by atoms with E-state index in [9.17, 15) is 27.4 Å². The Morgan fingerprint density at radius 2 is 0.808 bits per heavy atom. The van der Waals surface area contributed by atoms with Crippen LogP contribution in [0.3, 0.4) is 0 Å². The highest BCUT2D eigenvalue weighted by molar-refractivity contribution is 7.71. The van der Waals surface area contributed by atoms with E-state index in [1.807, 2.05) is 0 Å². The van der Waals surface area contributed by atoms with Gasteiger partial charge < -0.3 is 39.1 Å². The summed E-state index contributed by atoms with van der Waals surface area (Å²) in [6, 6.07) is 0. The average molecular weight is 498 g/mol. The first-order valence-electron chi connectivity index (χ1n) is 6.21. The van der Waals surface area contributed by atoms with Gasteiger partial charge in [0.1, 0.15) is 5.40 Å². The van der Waals surface area contributed by atoms with Crippen LogP contribution in [0.2, 0.25) is 0 Å². The van der Waals surface area contributed by atoms with Gasteiger partial charge in [-0.2, -0.15) is 0 Å². The summed E-state index contributed by atoms with van der Waals surface area (Å²) < 4.78 is 67.4. The van der Waals surface area contributed by atoms with E-state index in [-0.39, 0.29) is 0 Å². The molecule has 0 fully saturated rings. The van der Waals surface area contributed by atoms with Gasteiger partial charge in [0.2, 0.25) is 0 Å². The van der Waals surface area contributed by atoms with Crippen molar-refractivity contribution in [3.63, 3.8) is 0 Å². The van der Waals surface area contributed by atoms with E-state index in [0.29, 0.717) is 0 Å². The zero-order valence-corrected chi connectivity index (χ0v) is 17.8. The van der Waals surface area contributed by atoms with Crippen LogP contribution in [0.4, 0.5) is 0 Å². The SMILES string of the molecule is O=PC(P=O)C(CC(P(=O)(O)O)P(=O)(O)O)CC(P(=O)(O)O)P(=O)(O)O. The smallest absolute Gasteiger partial charge is 0.324 e. The largest absolute Gasteiger partial charge is 0.340 e. The minimum Gasteiger partial charge on any atom is -0.324 e. The monoisotopic (exact) mass is 498 g/mol. The van der Waals surface area contributed by atoms with Gasteiger partial charge in [0, 0.05) is 0 Å². The third kappa shape index (κ3) is 8.44. The van der Waals surface area contributed by atoms with Crippen molar-refractivity contribution in [3.05, 3.63) is 0 Å². The Morgan fingerprint density at radius 1 is 0.577 bits per heavy atom. The Balaban J connectivity index is 6.11. The summed E-state index contributed by atoms with van der Waals surface area (Å²) in [4.78, 5) is 72.8. The zero-order valence-electron chi connectivity index (χ0n) is 12.4. The standard InChI is InChI=1S/C6H16O14P6/c7-21-6(22-8)3(1-4(23(9,10)11)24(12,13)14)2-5(25(15,16)17)26(18,19)20/h3-6H,1-2H2,(H2,9,10,11)(H2,12,13,14)(H2,15,16,17)(H2,18,19,20). The molecule has 0 radical (unpaired) electrons. The first-order chi connectivity index (χ1) is 11.4. The summed E-state index contributed by atoms with van der Waals surface area (Å²) in [6.07, 6.45) is -2.50. The third-order valence-corrected chi connectivity index (χ3v) is 12.6. The molecular weight excluding hydrogens is 482 g/mol. The second-order valence-electron chi connectivity index (χ2n) is 5.17. The molecule has 0 aromatic rings. The van der Waals surface area contributed by atoms with Crippen LogP contribution in [0.25, 0.3) is 0 Å². The Kier molecular flexibility index (Phi) is 9.83. The molecule has 0 aromatic carbocycles. The number of rotatable bonds is 11. The van der Waals surface area contributed by atoms with Crippen LogP contribution < -0.4 is 0 Å². The van der Waals surface area contributed by atoms with Gasteiger partial charge in [0.05, 0.1) is 0 Å². The van der Waals surface area contributed by atoms with E-state index in [2.05, 4.69) is 0 Å². The highest BCUT2D eigenvalue weighted by Gasteiger charge is 2.50. The Labute approximate surface area is 149 Å². The zero-order chi connectivity index (χ0) is 21.1. The molecule has 20 heteroatoms. The molecule has 0 unspecified atom stereocenters. The van der Waals surface area contributed by atoms with Gasteiger partial charge in [0.25, 0.3) is 0 Å². The summed E-state index contributed by atoms with van der Waals surface area (Å²) in [5, 5.41) is -7.10. The minimum absolute atomic E-state index is 1.00. The molecule has 0 atom stereocenters. The predicted molar refractivity (Wildman–Crippen MR) is 87.5 cm³/mol. The van der Waals surface area contributed by atoms with Crippen molar-refractivity contribution >= 4 is 47.3 Å². The van der Waals surface area contributed by atoms with Crippen LogP contribution in [0, 0.1) is 5.92 Å². The maximum absolute atomic E-state index is 11.3. The minimum atomic E-state index is -5.50. The molecule has 0 aromatic heterocycles. The second kappa shape index (κ2) is 9.53. The lowest BCUT2D eigenvalue weighted by atomic mass is 10.1. The van der Waals surface area contributed by atoms with Crippen molar-refractivity contribution in [2.24, 2.45) is 5.92 Å². The van der Waals surface area contributed by atoms with Crippen LogP contribution in [0.5, 0.6) is 0 Å². The molecule has 0 aliphatic rings. The van der Waals surface area contributed by atoms with Crippen molar-refractivity contribution in [2.75, 3.05) is 0 Å². The molecule has 0 bridgehead atoms. The Bertz CT molecular complexity index is 593. The number of hydrogen-bond acceptors (Lipinski definition) is 6. The van der Waals surface area contributed by atoms with E-state index < -0.39 is 82.3 Å². The molecule has 0 saturated heterocycles. The molecule has 14 nitrogen and oxygen atoms in total. The van der Waals surface area contributed by atoms with Crippen molar-refractivity contribution < 1.29 is 66.5 Å². The van der Waals surface area contributed by atoms with Gasteiger partial charge in [-0.25, -0.2) is 0 Å². The van der Waals surface area contributed by atoms with E-state index in [1.165, 1.54) is 0 Å². The van der Waals surface area contributed by atoms with Crippen LogP contribution in [0.1, 0.15) is 12.8 Å². The van der Waals surface area contributed by atoms with E-state index in [1.54, 1.807) is 0 Å². The van der Waals surface area contributed by atoms with Crippen LogP contribution in [-0.4, -0.2) is 55.3 Å². The van der Waals surface area contributed by atoms with E-state index >= 15 is 0 Å². The molecule has 0 spiro atoms. The van der Waals surface area contributed by atoms with Gasteiger partial charge in [0.15, 0.2) is 27.7 Å². The van der Waals surface area contributed by atoms with Gasteiger partial charge in [-0.15, -0.1) is 0 Å². The Hall–Kier alpha value is 0.800. The lowest BCUT2D eigenvalue weighted by Crippen LogP contribution is -2.24. The van der Waals surface area contributed by atoms with Crippen molar-refractivity contribution in [1.29, 1.82) is 0 Å². The maximum atomic E-state index is 11.3. The number of hydrogen-bond donors (Lipinski definition) is 8. The lowest BCUT2D eigenvalue weighted by molar-refractivity contribution is 0.313. The van der Waals surface area contributed by atoms with Crippen LogP contribution in [-0.2, 0) is 27.4 Å². The molecule has 0 rings (SSSR count). The second-order valence-corrected chi connectivity index (χ2v) is 15.1.